The highest BCUT2D eigenvalue weighted by atomic mass is 32.1. The normalized spacial score (nSPS) is 10.6. The highest BCUT2D eigenvalue weighted by Crippen LogP contribution is 2.29. The lowest BCUT2D eigenvalue weighted by Crippen LogP contribution is -2.15. The molecule has 8 nitrogen and oxygen atoms in total. The first-order valence-electron chi connectivity index (χ1n) is 13.5. The summed E-state index contributed by atoms with van der Waals surface area (Å²) in [4.78, 5) is 40.8. The van der Waals surface area contributed by atoms with Crippen LogP contribution in [0.25, 0.3) is 21.7 Å². The van der Waals surface area contributed by atoms with Gasteiger partial charge in [-0.25, -0.2) is 9.97 Å². The zero-order chi connectivity index (χ0) is 29.6. The molecule has 3 heterocycles. The predicted octanol–water partition coefficient (Wildman–Crippen LogP) is 7.82. The summed E-state index contributed by atoms with van der Waals surface area (Å²) in [6.07, 6.45) is 4.68. The minimum absolute atomic E-state index is 0.264. The first kappa shape index (κ1) is 27.5. The Bertz CT molecular complexity index is 1910. The molecule has 43 heavy (non-hydrogen) atoms. The third-order valence-electron chi connectivity index (χ3n) is 6.61. The summed E-state index contributed by atoms with van der Waals surface area (Å²) in [5.74, 6) is -0.176. The maximum absolute atomic E-state index is 13.1. The van der Waals surface area contributed by atoms with Crippen molar-refractivity contribution >= 4 is 46.2 Å². The number of rotatable bonds is 8. The first-order valence-corrected chi connectivity index (χ1v) is 14.3. The maximum Gasteiger partial charge on any atom is 0.265 e. The molecule has 9 heteroatoms. The van der Waals surface area contributed by atoms with Crippen LogP contribution >= 0.6 is 11.3 Å². The number of carbonyl (C=O) groups excluding carboxylic acids is 2. The number of benzene rings is 3. The van der Waals surface area contributed by atoms with Gasteiger partial charge in [-0.2, -0.15) is 0 Å². The number of aromatic nitrogens is 3. The second-order valence-electron chi connectivity index (χ2n) is 9.69. The van der Waals surface area contributed by atoms with Gasteiger partial charge in [-0.05, 0) is 54.4 Å². The molecule has 0 bridgehead atoms. The van der Waals surface area contributed by atoms with Crippen LogP contribution in [0.15, 0.2) is 122 Å². The fraction of sp³-hybridized carbons (Fsp3) is 0.0294. The molecule has 0 saturated carbocycles. The van der Waals surface area contributed by atoms with Gasteiger partial charge in [-0.1, -0.05) is 66.7 Å². The molecular weight excluding hydrogens is 556 g/mol. The van der Waals surface area contributed by atoms with Gasteiger partial charge in [-0.3, -0.25) is 14.6 Å². The Morgan fingerprint density at radius 2 is 1.47 bits per heavy atom. The molecule has 0 aliphatic heterocycles. The smallest absolute Gasteiger partial charge is 0.265 e. The molecular formula is C34H26N6O2S. The summed E-state index contributed by atoms with van der Waals surface area (Å²) in [7, 11) is 0. The summed E-state index contributed by atoms with van der Waals surface area (Å²) < 4.78 is 0. The Kier molecular flexibility index (Phi) is 7.97. The molecule has 3 aromatic carbocycles. The molecule has 0 fully saturated rings. The van der Waals surface area contributed by atoms with E-state index in [0.29, 0.717) is 27.8 Å². The van der Waals surface area contributed by atoms with Crippen molar-refractivity contribution in [1.82, 2.24) is 15.0 Å². The summed E-state index contributed by atoms with van der Waals surface area (Å²) >= 11 is 1.40. The molecule has 0 spiro atoms. The van der Waals surface area contributed by atoms with Gasteiger partial charge < -0.3 is 16.0 Å². The summed E-state index contributed by atoms with van der Waals surface area (Å²) in [5.41, 5.74) is 5.88. The number of hydrogen-bond donors (Lipinski definition) is 3. The van der Waals surface area contributed by atoms with E-state index < -0.39 is 0 Å². The van der Waals surface area contributed by atoms with Crippen molar-refractivity contribution in [2.75, 3.05) is 16.0 Å². The monoisotopic (exact) mass is 582 g/mol. The van der Waals surface area contributed by atoms with E-state index in [-0.39, 0.29) is 11.8 Å². The number of thiophene rings is 1. The van der Waals surface area contributed by atoms with E-state index in [4.69, 9.17) is 0 Å². The van der Waals surface area contributed by atoms with Crippen molar-refractivity contribution in [2.45, 2.75) is 6.92 Å². The molecule has 0 saturated heterocycles. The molecule has 0 unspecified atom stereocenters. The summed E-state index contributed by atoms with van der Waals surface area (Å²) in [6, 6.07) is 32.5. The topological polar surface area (TPSA) is 109 Å². The van der Waals surface area contributed by atoms with E-state index in [1.54, 1.807) is 18.3 Å². The Hall–Kier alpha value is -5.67. The van der Waals surface area contributed by atoms with E-state index in [1.807, 2.05) is 97.9 Å². The van der Waals surface area contributed by atoms with Crippen LogP contribution in [0.4, 0.5) is 23.0 Å². The lowest BCUT2D eigenvalue weighted by Gasteiger charge is -2.12. The fourth-order valence-electron chi connectivity index (χ4n) is 4.39. The minimum atomic E-state index is -0.358. The van der Waals surface area contributed by atoms with Crippen LogP contribution in [-0.2, 0) is 0 Å². The maximum atomic E-state index is 13.1. The SMILES string of the molecule is Cc1ccc(NC(=O)c2cncc(NC(=O)c3ccc(-c4ccccc4)s3)c2)cc1Nc1nccc(-c2ccccc2)n1. The van der Waals surface area contributed by atoms with Gasteiger partial charge in [-0.15, -0.1) is 11.3 Å². The Labute approximate surface area is 252 Å². The van der Waals surface area contributed by atoms with Crippen molar-refractivity contribution in [2.24, 2.45) is 0 Å². The van der Waals surface area contributed by atoms with Crippen LogP contribution in [0.2, 0.25) is 0 Å². The highest BCUT2D eigenvalue weighted by molar-refractivity contribution is 7.17. The number of nitrogens with one attached hydrogen (secondary N) is 3. The zero-order valence-corrected chi connectivity index (χ0v) is 23.9. The van der Waals surface area contributed by atoms with Gasteiger partial charge in [0.1, 0.15) is 0 Å². The van der Waals surface area contributed by atoms with E-state index in [9.17, 15) is 9.59 Å². The van der Waals surface area contributed by atoms with Crippen molar-refractivity contribution in [3.05, 3.63) is 138 Å². The molecule has 210 valence electrons. The molecule has 6 rings (SSSR count). The van der Waals surface area contributed by atoms with E-state index in [2.05, 4.69) is 30.9 Å². The molecule has 0 aliphatic carbocycles. The lowest BCUT2D eigenvalue weighted by molar-refractivity contribution is 0.101. The van der Waals surface area contributed by atoms with Gasteiger partial charge >= 0.3 is 0 Å². The molecule has 0 aliphatic rings. The second kappa shape index (κ2) is 12.5. The average molecular weight is 583 g/mol. The molecule has 2 amide bonds. The fourth-order valence-corrected chi connectivity index (χ4v) is 5.30. The summed E-state index contributed by atoms with van der Waals surface area (Å²) in [5, 5.41) is 9.02. The van der Waals surface area contributed by atoms with Crippen LogP contribution in [-0.4, -0.2) is 26.8 Å². The molecule has 0 radical (unpaired) electrons. The molecule has 0 atom stereocenters. The van der Waals surface area contributed by atoms with Crippen LogP contribution in [0.1, 0.15) is 25.6 Å². The van der Waals surface area contributed by atoms with Crippen molar-refractivity contribution in [3.63, 3.8) is 0 Å². The number of amides is 2. The van der Waals surface area contributed by atoms with Gasteiger partial charge in [0.25, 0.3) is 11.8 Å². The first-order chi connectivity index (χ1) is 21.0. The number of anilines is 4. The number of carbonyl (C=O) groups is 2. The van der Waals surface area contributed by atoms with Crippen LogP contribution in [0, 0.1) is 6.92 Å². The van der Waals surface area contributed by atoms with Crippen LogP contribution in [0.3, 0.4) is 0 Å². The number of aryl methyl sites for hydroxylation is 1. The second-order valence-corrected chi connectivity index (χ2v) is 10.8. The molecule has 6 aromatic rings. The van der Waals surface area contributed by atoms with E-state index >= 15 is 0 Å². The lowest BCUT2D eigenvalue weighted by atomic mass is 10.1. The van der Waals surface area contributed by atoms with Crippen LogP contribution in [0.5, 0.6) is 0 Å². The Balaban J connectivity index is 1.13. The third-order valence-corrected chi connectivity index (χ3v) is 7.75. The standard InChI is InChI=1S/C34H26N6O2S/c1-22-12-13-26(19-29(22)40-34-36-17-16-28(39-34)23-8-4-2-5-9-23)37-32(41)25-18-27(21-35-20-25)38-33(42)31-15-14-30(43-31)24-10-6-3-7-11-24/h2-21H,1H3,(H,37,41)(H,38,42)(H,36,39,40). The number of nitrogens with zero attached hydrogens (tertiary/aromatic N) is 3. The van der Waals surface area contributed by atoms with E-state index in [0.717, 1.165) is 32.9 Å². The summed E-state index contributed by atoms with van der Waals surface area (Å²) in [6.45, 7) is 1.96. The number of hydrogen-bond acceptors (Lipinski definition) is 7. The van der Waals surface area contributed by atoms with Gasteiger partial charge in [0, 0.05) is 34.2 Å². The minimum Gasteiger partial charge on any atom is -0.324 e. The van der Waals surface area contributed by atoms with Crippen molar-refractivity contribution in [1.29, 1.82) is 0 Å². The number of pyridine rings is 1. The van der Waals surface area contributed by atoms with Crippen molar-refractivity contribution in [3.8, 4) is 21.7 Å². The predicted molar refractivity (Wildman–Crippen MR) is 172 cm³/mol. The molecule has 3 aromatic heterocycles. The molecule has 3 N–H and O–H groups in total. The highest BCUT2D eigenvalue weighted by Gasteiger charge is 2.14. The van der Waals surface area contributed by atoms with Gasteiger partial charge in [0.2, 0.25) is 5.95 Å². The van der Waals surface area contributed by atoms with Gasteiger partial charge in [0.05, 0.1) is 28.0 Å². The average Bonchev–Trinajstić information content (AvgIpc) is 3.55. The van der Waals surface area contributed by atoms with Crippen LogP contribution < -0.4 is 16.0 Å². The third kappa shape index (κ3) is 6.64. The van der Waals surface area contributed by atoms with Gasteiger partial charge in [0.15, 0.2) is 0 Å². The van der Waals surface area contributed by atoms with E-state index in [1.165, 1.54) is 23.7 Å². The van der Waals surface area contributed by atoms with Crippen molar-refractivity contribution < 1.29 is 9.59 Å². The Morgan fingerprint density at radius 3 is 2.26 bits per heavy atom. The largest absolute Gasteiger partial charge is 0.324 e. The Morgan fingerprint density at radius 1 is 0.721 bits per heavy atom. The zero-order valence-electron chi connectivity index (χ0n) is 23.1. The quantitative estimate of drug-likeness (QED) is 0.169.